The molecule has 0 radical (unpaired) electrons. The quantitative estimate of drug-likeness (QED) is 0.256. The molecule has 1 unspecified atom stereocenters. The number of anilines is 1. The summed E-state index contributed by atoms with van der Waals surface area (Å²) in [4.78, 5) is 32.9. The molecule has 1 atom stereocenters. The van der Waals surface area contributed by atoms with Crippen molar-refractivity contribution < 1.29 is 33.3 Å². The molecular formula is C28H19FN2O6S. The Labute approximate surface area is 218 Å². The molecule has 0 saturated carbocycles. The minimum Gasteiger partial charge on any atom is -0.504 e. The molecule has 0 aliphatic carbocycles. The van der Waals surface area contributed by atoms with Crippen LogP contribution in [-0.2, 0) is 4.79 Å². The molecular weight excluding hydrogens is 511 g/mol. The van der Waals surface area contributed by atoms with Gasteiger partial charge < -0.3 is 19.4 Å². The number of aromatic nitrogens is 1. The van der Waals surface area contributed by atoms with E-state index in [2.05, 4.69) is 4.98 Å². The summed E-state index contributed by atoms with van der Waals surface area (Å²) in [5.74, 6) is -2.78. The molecule has 1 amide bonds. The van der Waals surface area contributed by atoms with Gasteiger partial charge in [-0.15, -0.1) is 0 Å². The molecule has 38 heavy (non-hydrogen) atoms. The molecule has 0 saturated heterocycles. The van der Waals surface area contributed by atoms with Crippen LogP contribution in [-0.4, -0.2) is 33.5 Å². The number of hydrogen-bond acceptors (Lipinski definition) is 8. The number of amides is 1. The molecule has 3 heterocycles. The maximum absolute atomic E-state index is 13.9. The number of phenolic OH excluding ortho intramolecular Hbond substituents is 1. The summed E-state index contributed by atoms with van der Waals surface area (Å²) >= 11 is 1.04. The summed E-state index contributed by atoms with van der Waals surface area (Å²) in [7, 11) is 0. The molecule has 0 fully saturated rings. The smallest absolute Gasteiger partial charge is 0.296 e. The number of fused-ring (bicyclic) bond motifs is 2. The monoisotopic (exact) mass is 530 g/mol. The number of aromatic hydroxyl groups is 1. The highest BCUT2D eigenvalue weighted by molar-refractivity contribution is 7.22. The zero-order chi connectivity index (χ0) is 26.6. The summed E-state index contributed by atoms with van der Waals surface area (Å²) in [6.07, 6.45) is 0. The van der Waals surface area contributed by atoms with Gasteiger partial charge in [-0.2, -0.15) is 0 Å². The first-order valence-corrected chi connectivity index (χ1v) is 12.5. The van der Waals surface area contributed by atoms with E-state index in [1.165, 1.54) is 41.3 Å². The van der Waals surface area contributed by atoms with Crippen molar-refractivity contribution in [2.75, 3.05) is 11.5 Å². The van der Waals surface area contributed by atoms with Crippen molar-refractivity contribution >= 4 is 49.3 Å². The predicted molar refractivity (Wildman–Crippen MR) is 139 cm³/mol. The van der Waals surface area contributed by atoms with Gasteiger partial charge in [-0.1, -0.05) is 35.6 Å². The first kappa shape index (κ1) is 23.7. The number of aliphatic hydroxyl groups is 1. The average molecular weight is 531 g/mol. The Balaban J connectivity index is 1.53. The van der Waals surface area contributed by atoms with Gasteiger partial charge >= 0.3 is 0 Å². The Hall–Kier alpha value is -4.70. The number of carbonyl (C=O) groups excluding carboxylic acids is 2. The van der Waals surface area contributed by atoms with Gasteiger partial charge in [0.25, 0.3) is 5.91 Å². The van der Waals surface area contributed by atoms with E-state index in [1.54, 1.807) is 37.3 Å². The Morgan fingerprint density at radius 2 is 1.95 bits per heavy atom. The largest absolute Gasteiger partial charge is 0.504 e. The zero-order valence-corrected chi connectivity index (χ0v) is 20.7. The molecule has 8 nitrogen and oxygen atoms in total. The Bertz CT molecular complexity index is 1760. The number of benzene rings is 3. The van der Waals surface area contributed by atoms with Crippen molar-refractivity contribution in [3.8, 4) is 11.5 Å². The molecule has 0 spiro atoms. The van der Waals surface area contributed by atoms with Gasteiger partial charge in [-0.05, 0) is 55.0 Å². The number of nitrogens with zero attached hydrogens (tertiary/aromatic N) is 2. The summed E-state index contributed by atoms with van der Waals surface area (Å²) in [6.45, 7) is 2.01. The number of ether oxygens (including phenoxy) is 1. The minimum absolute atomic E-state index is 0.0532. The van der Waals surface area contributed by atoms with Crippen LogP contribution in [0.25, 0.3) is 21.2 Å². The fourth-order valence-electron chi connectivity index (χ4n) is 4.54. The van der Waals surface area contributed by atoms with Crippen LogP contribution in [0.3, 0.4) is 0 Å². The molecule has 190 valence electrons. The van der Waals surface area contributed by atoms with E-state index in [1.807, 2.05) is 0 Å². The number of phenols is 1. The minimum atomic E-state index is -1.13. The van der Waals surface area contributed by atoms with Gasteiger partial charge in [0.1, 0.15) is 11.4 Å². The number of para-hydroxylation sites is 1. The van der Waals surface area contributed by atoms with Gasteiger partial charge in [0.15, 0.2) is 28.1 Å². The van der Waals surface area contributed by atoms with E-state index >= 15 is 0 Å². The summed E-state index contributed by atoms with van der Waals surface area (Å²) in [5, 5.41) is 22.1. The van der Waals surface area contributed by atoms with Crippen molar-refractivity contribution in [1.82, 2.24) is 4.98 Å². The first-order chi connectivity index (χ1) is 18.4. The van der Waals surface area contributed by atoms with E-state index in [0.717, 1.165) is 11.3 Å². The highest BCUT2D eigenvalue weighted by Gasteiger charge is 2.47. The van der Waals surface area contributed by atoms with Crippen LogP contribution in [0.15, 0.2) is 82.5 Å². The molecule has 3 aromatic carbocycles. The third kappa shape index (κ3) is 3.77. The SMILES string of the molecule is CCOc1cc(C2C(C(=O)c3cc4ccccc4o3)=C(O)C(=O)N2c2nc3ccc(F)cc3s2)ccc1O. The van der Waals surface area contributed by atoms with Crippen molar-refractivity contribution in [2.45, 2.75) is 13.0 Å². The lowest BCUT2D eigenvalue weighted by Crippen LogP contribution is -2.31. The molecule has 10 heteroatoms. The highest BCUT2D eigenvalue weighted by atomic mass is 32.1. The number of furan rings is 1. The number of thiazole rings is 1. The number of hydrogen-bond donors (Lipinski definition) is 2. The van der Waals surface area contributed by atoms with E-state index < -0.39 is 29.3 Å². The lowest BCUT2D eigenvalue weighted by molar-refractivity contribution is -0.117. The second-order valence-corrected chi connectivity index (χ2v) is 9.60. The predicted octanol–water partition coefficient (Wildman–Crippen LogP) is 6.07. The van der Waals surface area contributed by atoms with Gasteiger partial charge in [-0.25, -0.2) is 9.37 Å². The van der Waals surface area contributed by atoms with Crippen LogP contribution in [0.2, 0.25) is 0 Å². The molecule has 2 aromatic heterocycles. The van der Waals surface area contributed by atoms with E-state index in [-0.39, 0.29) is 34.6 Å². The third-order valence-corrected chi connectivity index (χ3v) is 7.26. The molecule has 1 aliphatic heterocycles. The third-order valence-electron chi connectivity index (χ3n) is 6.25. The average Bonchev–Trinajstić information content (AvgIpc) is 3.59. The van der Waals surface area contributed by atoms with Crippen LogP contribution < -0.4 is 9.64 Å². The summed E-state index contributed by atoms with van der Waals surface area (Å²) < 4.78 is 25.6. The normalized spacial score (nSPS) is 15.7. The second-order valence-electron chi connectivity index (χ2n) is 8.59. The number of aliphatic hydroxyl groups excluding tert-OH is 1. The highest BCUT2D eigenvalue weighted by Crippen LogP contribution is 2.46. The molecule has 5 aromatic rings. The van der Waals surface area contributed by atoms with Gasteiger partial charge in [0, 0.05) is 5.39 Å². The molecule has 2 N–H and O–H groups in total. The summed E-state index contributed by atoms with van der Waals surface area (Å²) in [6, 6.07) is 15.9. The van der Waals surface area contributed by atoms with Crippen LogP contribution in [0.5, 0.6) is 11.5 Å². The maximum atomic E-state index is 13.9. The van der Waals surface area contributed by atoms with E-state index in [4.69, 9.17) is 9.15 Å². The maximum Gasteiger partial charge on any atom is 0.296 e. The van der Waals surface area contributed by atoms with Crippen LogP contribution in [0.4, 0.5) is 9.52 Å². The van der Waals surface area contributed by atoms with E-state index in [9.17, 15) is 24.2 Å². The van der Waals surface area contributed by atoms with Gasteiger partial charge in [0.2, 0.25) is 5.78 Å². The van der Waals surface area contributed by atoms with Crippen molar-refractivity contribution in [2.24, 2.45) is 0 Å². The topological polar surface area (TPSA) is 113 Å². The summed E-state index contributed by atoms with van der Waals surface area (Å²) in [5.41, 5.74) is 1.10. The number of Topliss-reactive ketones (excluding diaryl/α,β-unsaturated/α-hetero) is 1. The van der Waals surface area contributed by atoms with Crippen LogP contribution in [0, 0.1) is 5.82 Å². The fraction of sp³-hybridized carbons (Fsp3) is 0.107. The number of carbonyl (C=O) groups is 2. The van der Waals surface area contributed by atoms with Gasteiger partial charge in [0.05, 0.1) is 28.4 Å². The standard InChI is InChI=1S/C28H19FN2O6S/c1-2-36-20-12-15(7-10-18(20)32)24-23(25(33)21-11-14-5-3-4-6-19(14)37-21)26(34)27(35)31(24)28-30-17-9-8-16(29)13-22(17)38-28/h3-13,24,32,34H,2H2,1H3. The lowest BCUT2D eigenvalue weighted by atomic mass is 9.95. The van der Waals surface area contributed by atoms with Crippen molar-refractivity contribution in [1.29, 1.82) is 0 Å². The van der Waals surface area contributed by atoms with Gasteiger partial charge in [-0.3, -0.25) is 14.5 Å². The van der Waals surface area contributed by atoms with Crippen LogP contribution >= 0.6 is 11.3 Å². The fourth-order valence-corrected chi connectivity index (χ4v) is 5.55. The Kier molecular flexibility index (Phi) is 5.61. The number of halogens is 1. The Morgan fingerprint density at radius 1 is 1.13 bits per heavy atom. The second kappa shape index (κ2) is 9.00. The van der Waals surface area contributed by atoms with Crippen LogP contribution in [0.1, 0.15) is 29.1 Å². The number of ketones is 1. The lowest BCUT2D eigenvalue weighted by Gasteiger charge is -2.24. The van der Waals surface area contributed by atoms with Crippen molar-refractivity contribution in [3.63, 3.8) is 0 Å². The zero-order valence-electron chi connectivity index (χ0n) is 19.8. The first-order valence-electron chi connectivity index (χ1n) is 11.7. The number of rotatable bonds is 6. The molecule has 1 aliphatic rings. The molecule has 6 rings (SSSR count). The molecule has 0 bridgehead atoms. The van der Waals surface area contributed by atoms with E-state index in [0.29, 0.717) is 26.7 Å². The van der Waals surface area contributed by atoms with Crippen molar-refractivity contribution in [3.05, 3.63) is 95.2 Å². The Morgan fingerprint density at radius 3 is 2.74 bits per heavy atom.